The molecule has 0 radical (unpaired) electrons. The Hall–Kier alpha value is -2.38. The number of carbonyl (C=O) groups excluding carboxylic acids is 2. The van der Waals surface area contributed by atoms with Crippen LogP contribution in [0.3, 0.4) is 0 Å². The Labute approximate surface area is 150 Å². The van der Waals surface area contributed by atoms with Crippen LogP contribution < -0.4 is 0 Å². The van der Waals surface area contributed by atoms with Gasteiger partial charge < -0.3 is 19.3 Å². The summed E-state index contributed by atoms with van der Waals surface area (Å²) in [6, 6.07) is 6.27. The minimum atomic E-state index is -0.712. The van der Waals surface area contributed by atoms with Gasteiger partial charge in [-0.1, -0.05) is 6.07 Å². The summed E-state index contributed by atoms with van der Waals surface area (Å²) in [6.45, 7) is 2.78. The third kappa shape index (κ3) is 3.25. The number of amides is 1. The molecule has 1 N–H and O–H groups in total. The number of rotatable bonds is 6. The maximum Gasteiger partial charge on any atom is 0.290 e. The molecular weight excluding hydrogens is 340 g/mol. The molecule has 0 unspecified atom stereocenters. The lowest BCUT2D eigenvalue weighted by Gasteiger charge is -2.26. The second-order valence-electron chi connectivity index (χ2n) is 6.22. The lowest BCUT2D eigenvalue weighted by Crippen LogP contribution is -2.36. The van der Waals surface area contributed by atoms with E-state index in [0.717, 1.165) is 0 Å². The number of thiophene rings is 1. The highest BCUT2D eigenvalue weighted by Gasteiger charge is 2.45. The van der Waals surface area contributed by atoms with Gasteiger partial charge in [0.1, 0.15) is 17.6 Å². The molecule has 0 fully saturated rings. The average Bonchev–Trinajstić information content (AvgIpc) is 3.27. The van der Waals surface area contributed by atoms with Crippen molar-refractivity contribution in [3.8, 4) is 0 Å². The zero-order valence-electron chi connectivity index (χ0n) is 14.4. The van der Waals surface area contributed by atoms with E-state index in [1.165, 1.54) is 16.2 Å². The van der Waals surface area contributed by atoms with Gasteiger partial charge in [-0.2, -0.15) is 0 Å². The van der Waals surface area contributed by atoms with Gasteiger partial charge in [-0.25, -0.2) is 0 Å². The number of ketones is 1. The van der Waals surface area contributed by atoms with E-state index >= 15 is 0 Å². The molecule has 0 saturated heterocycles. The van der Waals surface area contributed by atoms with Crippen molar-refractivity contribution >= 4 is 23.0 Å². The quantitative estimate of drug-likeness (QED) is 0.802. The van der Waals surface area contributed by atoms with Gasteiger partial charge in [0.2, 0.25) is 5.78 Å². The van der Waals surface area contributed by atoms with Crippen LogP contribution in [0.2, 0.25) is 0 Å². The zero-order valence-corrected chi connectivity index (χ0v) is 15.2. The van der Waals surface area contributed by atoms with Gasteiger partial charge in [-0.15, -0.1) is 11.3 Å². The van der Waals surface area contributed by atoms with Gasteiger partial charge in [-0.05, 0) is 44.6 Å². The summed E-state index contributed by atoms with van der Waals surface area (Å²) in [7, 11) is 3.80. The molecule has 1 aliphatic rings. The lowest BCUT2D eigenvalue weighted by atomic mass is 10.0. The summed E-state index contributed by atoms with van der Waals surface area (Å²) >= 11 is 1.28. The first kappa shape index (κ1) is 17.4. The van der Waals surface area contributed by atoms with E-state index in [9.17, 15) is 14.7 Å². The van der Waals surface area contributed by atoms with Crippen LogP contribution in [0.5, 0.6) is 0 Å². The van der Waals surface area contributed by atoms with Crippen LogP contribution in [0.1, 0.15) is 27.2 Å². The predicted molar refractivity (Wildman–Crippen MR) is 94.8 cm³/mol. The summed E-state index contributed by atoms with van der Waals surface area (Å²) in [5, 5.41) is 12.2. The lowest BCUT2D eigenvalue weighted by molar-refractivity contribution is -0.129. The van der Waals surface area contributed by atoms with E-state index in [-0.39, 0.29) is 11.4 Å². The molecule has 132 valence electrons. The van der Waals surface area contributed by atoms with Crippen molar-refractivity contribution in [2.45, 2.75) is 13.0 Å². The predicted octanol–water partition coefficient (Wildman–Crippen LogP) is 2.79. The maximum absolute atomic E-state index is 12.9. The second kappa shape index (κ2) is 6.85. The maximum atomic E-state index is 12.9. The van der Waals surface area contributed by atoms with E-state index in [1.807, 2.05) is 19.0 Å². The number of aliphatic hydroxyl groups excluding tert-OH is 1. The molecule has 0 spiro atoms. The molecule has 6 nitrogen and oxygen atoms in total. The van der Waals surface area contributed by atoms with Gasteiger partial charge in [0.25, 0.3) is 5.91 Å². The molecule has 3 rings (SSSR count). The molecule has 1 aliphatic heterocycles. The largest absolute Gasteiger partial charge is 0.503 e. The molecule has 2 aromatic rings. The number of hydrogen-bond donors (Lipinski definition) is 1. The minimum absolute atomic E-state index is 0.0838. The Morgan fingerprint density at radius 1 is 1.36 bits per heavy atom. The molecule has 2 aromatic heterocycles. The molecule has 0 saturated carbocycles. The number of nitrogens with zero attached hydrogens (tertiary/aromatic N) is 2. The van der Waals surface area contributed by atoms with Crippen LogP contribution >= 0.6 is 11.3 Å². The Bertz CT molecular complexity index is 820. The van der Waals surface area contributed by atoms with Crippen molar-refractivity contribution in [2.75, 3.05) is 27.2 Å². The Kier molecular flexibility index (Phi) is 4.78. The third-order valence-corrected chi connectivity index (χ3v) is 4.98. The normalized spacial score (nSPS) is 17.8. The van der Waals surface area contributed by atoms with E-state index in [2.05, 4.69) is 0 Å². The number of aliphatic hydroxyl groups is 1. The van der Waals surface area contributed by atoms with Crippen LogP contribution in [0, 0.1) is 6.92 Å². The van der Waals surface area contributed by atoms with Crippen molar-refractivity contribution < 1.29 is 19.1 Å². The Morgan fingerprint density at radius 3 is 2.68 bits per heavy atom. The fourth-order valence-corrected chi connectivity index (χ4v) is 3.54. The first-order valence-electron chi connectivity index (χ1n) is 7.93. The van der Waals surface area contributed by atoms with Crippen molar-refractivity contribution in [1.29, 1.82) is 0 Å². The van der Waals surface area contributed by atoms with Crippen LogP contribution in [-0.4, -0.2) is 53.8 Å². The number of likely N-dealkylation sites (N-methyl/N-ethyl adjacent to an activating group) is 1. The van der Waals surface area contributed by atoms with E-state index in [4.69, 9.17) is 4.42 Å². The summed E-state index contributed by atoms with van der Waals surface area (Å²) in [5.74, 6) is -0.206. The number of aryl methyl sites for hydroxylation is 1. The van der Waals surface area contributed by atoms with Crippen molar-refractivity contribution in [3.05, 3.63) is 57.4 Å². The van der Waals surface area contributed by atoms with E-state index < -0.39 is 17.7 Å². The summed E-state index contributed by atoms with van der Waals surface area (Å²) in [5.41, 5.74) is 0.0838. The monoisotopic (exact) mass is 360 g/mol. The van der Waals surface area contributed by atoms with Gasteiger partial charge in [0.15, 0.2) is 5.76 Å². The van der Waals surface area contributed by atoms with Gasteiger partial charge in [0.05, 0.1) is 10.5 Å². The molecule has 0 aliphatic carbocycles. The van der Waals surface area contributed by atoms with Crippen molar-refractivity contribution in [3.63, 3.8) is 0 Å². The van der Waals surface area contributed by atoms with Crippen molar-refractivity contribution in [1.82, 2.24) is 9.80 Å². The highest BCUT2D eigenvalue weighted by atomic mass is 32.1. The summed E-state index contributed by atoms with van der Waals surface area (Å²) in [6.07, 6.45) is 0. The number of hydrogen-bond acceptors (Lipinski definition) is 6. The van der Waals surface area contributed by atoms with Crippen molar-refractivity contribution in [2.24, 2.45) is 0 Å². The highest BCUT2D eigenvalue weighted by molar-refractivity contribution is 7.12. The molecule has 3 heterocycles. The molecule has 7 heteroatoms. The number of Topliss-reactive ketones (excluding diaryl/α,β-unsaturated/α-hetero) is 1. The van der Waals surface area contributed by atoms with E-state index in [0.29, 0.717) is 29.5 Å². The molecular formula is C18H20N2O4S. The summed E-state index contributed by atoms with van der Waals surface area (Å²) < 4.78 is 5.70. The molecule has 1 atom stereocenters. The average molecular weight is 360 g/mol. The molecule has 1 amide bonds. The van der Waals surface area contributed by atoms with Crippen LogP contribution in [0.25, 0.3) is 0 Å². The van der Waals surface area contributed by atoms with E-state index in [1.54, 1.807) is 36.6 Å². The SMILES string of the molecule is Cc1ccc([C@@H]2C(C(=O)c3cccs3)=C(O)C(=O)N2CCN(C)C)o1. The van der Waals surface area contributed by atoms with Gasteiger partial charge in [0, 0.05) is 13.1 Å². The Balaban J connectivity index is 2.03. The molecule has 0 bridgehead atoms. The first-order valence-corrected chi connectivity index (χ1v) is 8.81. The van der Waals surface area contributed by atoms with Crippen LogP contribution in [0.15, 0.2) is 45.4 Å². The number of carbonyl (C=O) groups is 2. The van der Waals surface area contributed by atoms with Crippen LogP contribution in [0.4, 0.5) is 0 Å². The second-order valence-corrected chi connectivity index (χ2v) is 7.17. The molecule has 0 aromatic carbocycles. The number of furan rings is 1. The first-order chi connectivity index (χ1) is 11.9. The van der Waals surface area contributed by atoms with Crippen LogP contribution in [-0.2, 0) is 4.79 Å². The zero-order chi connectivity index (χ0) is 18.1. The molecule has 25 heavy (non-hydrogen) atoms. The fraction of sp³-hybridized carbons (Fsp3) is 0.333. The smallest absolute Gasteiger partial charge is 0.290 e. The topological polar surface area (TPSA) is 74.0 Å². The third-order valence-electron chi connectivity index (χ3n) is 4.11. The highest BCUT2D eigenvalue weighted by Crippen LogP contribution is 2.39. The Morgan fingerprint density at radius 2 is 2.12 bits per heavy atom. The fourth-order valence-electron chi connectivity index (χ4n) is 2.86. The minimum Gasteiger partial charge on any atom is -0.503 e. The summed E-state index contributed by atoms with van der Waals surface area (Å²) in [4.78, 5) is 29.4. The standard InChI is InChI=1S/C18H20N2O4S/c1-11-6-7-12(24-11)15-14(16(21)13-5-4-10-25-13)17(22)18(23)20(15)9-8-19(2)3/h4-7,10,15,22H,8-9H2,1-3H3/t15-/m1/s1. The van der Waals surface area contributed by atoms with Gasteiger partial charge >= 0.3 is 0 Å². The van der Waals surface area contributed by atoms with Gasteiger partial charge in [-0.3, -0.25) is 9.59 Å².